The van der Waals surface area contributed by atoms with Gasteiger partial charge in [-0.2, -0.15) is 0 Å². The topological polar surface area (TPSA) is 75.4 Å². The lowest BCUT2D eigenvalue weighted by Gasteiger charge is -2.37. The highest BCUT2D eigenvalue weighted by Gasteiger charge is 2.45. The molecule has 18 heavy (non-hydrogen) atoms. The summed E-state index contributed by atoms with van der Waals surface area (Å²) < 4.78 is 0. The SMILES string of the molecule is CC1CCC(CN)(C(=O)NCC2(CO)CC2)CC1. The van der Waals surface area contributed by atoms with Crippen LogP contribution in [0, 0.1) is 16.7 Å². The fourth-order valence-electron chi connectivity index (χ4n) is 2.86. The molecule has 2 fully saturated rings. The highest BCUT2D eigenvalue weighted by molar-refractivity contribution is 5.83. The molecule has 0 aromatic rings. The minimum Gasteiger partial charge on any atom is -0.396 e. The Morgan fingerprint density at radius 2 is 1.94 bits per heavy atom. The van der Waals surface area contributed by atoms with Crippen molar-refractivity contribution >= 4 is 5.91 Å². The summed E-state index contributed by atoms with van der Waals surface area (Å²) in [6.45, 7) is 3.47. The number of nitrogens with one attached hydrogen (secondary N) is 1. The van der Waals surface area contributed by atoms with Gasteiger partial charge in [0.05, 0.1) is 12.0 Å². The lowest BCUT2D eigenvalue weighted by Crippen LogP contribution is -2.49. The van der Waals surface area contributed by atoms with E-state index in [0.29, 0.717) is 19.0 Å². The van der Waals surface area contributed by atoms with Crippen LogP contribution in [0.25, 0.3) is 0 Å². The maximum Gasteiger partial charge on any atom is 0.227 e. The van der Waals surface area contributed by atoms with Crippen molar-refractivity contribution in [2.75, 3.05) is 19.7 Å². The Labute approximate surface area is 109 Å². The van der Waals surface area contributed by atoms with Gasteiger partial charge in [-0.15, -0.1) is 0 Å². The third-order valence-electron chi connectivity index (χ3n) is 5.02. The molecule has 0 saturated heterocycles. The number of aliphatic hydroxyl groups excluding tert-OH is 1. The van der Waals surface area contributed by atoms with Gasteiger partial charge in [0.1, 0.15) is 0 Å². The Morgan fingerprint density at radius 3 is 2.39 bits per heavy atom. The van der Waals surface area contributed by atoms with Gasteiger partial charge in [0, 0.05) is 18.5 Å². The molecule has 0 atom stereocenters. The van der Waals surface area contributed by atoms with Crippen molar-refractivity contribution in [3.05, 3.63) is 0 Å². The van der Waals surface area contributed by atoms with Gasteiger partial charge in [-0.1, -0.05) is 6.92 Å². The van der Waals surface area contributed by atoms with E-state index in [1.54, 1.807) is 0 Å². The van der Waals surface area contributed by atoms with E-state index >= 15 is 0 Å². The van der Waals surface area contributed by atoms with Crippen LogP contribution in [-0.2, 0) is 4.79 Å². The quantitative estimate of drug-likeness (QED) is 0.686. The summed E-state index contributed by atoms with van der Waals surface area (Å²) in [5.41, 5.74) is 5.49. The maximum atomic E-state index is 12.4. The van der Waals surface area contributed by atoms with Crippen LogP contribution in [-0.4, -0.2) is 30.7 Å². The van der Waals surface area contributed by atoms with Gasteiger partial charge in [-0.25, -0.2) is 0 Å². The Bertz CT molecular complexity index is 305. The summed E-state index contributed by atoms with van der Waals surface area (Å²) in [6, 6.07) is 0. The van der Waals surface area contributed by atoms with E-state index in [-0.39, 0.29) is 23.3 Å². The van der Waals surface area contributed by atoms with Gasteiger partial charge in [0.2, 0.25) is 5.91 Å². The molecule has 0 aromatic carbocycles. The lowest BCUT2D eigenvalue weighted by molar-refractivity contribution is -0.133. The number of rotatable bonds is 5. The molecule has 0 bridgehead atoms. The van der Waals surface area contributed by atoms with Crippen molar-refractivity contribution in [2.24, 2.45) is 22.5 Å². The van der Waals surface area contributed by atoms with Crippen molar-refractivity contribution in [3.8, 4) is 0 Å². The van der Waals surface area contributed by atoms with E-state index in [1.807, 2.05) is 0 Å². The van der Waals surface area contributed by atoms with E-state index in [2.05, 4.69) is 12.2 Å². The molecule has 2 aliphatic rings. The second kappa shape index (κ2) is 5.17. The second-order valence-corrected chi connectivity index (χ2v) is 6.51. The average molecular weight is 254 g/mol. The first-order valence-electron chi connectivity index (χ1n) is 7.15. The minimum atomic E-state index is -0.349. The third kappa shape index (κ3) is 2.69. The number of carbonyl (C=O) groups excluding carboxylic acids is 1. The number of nitrogens with two attached hydrogens (primary N) is 1. The number of aliphatic hydroxyl groups is 1. The van der Waals surface area contributed by atoms with Crippen LogP contribution in [0.4, 0.5) is 0 Å². The monoisotopic (exact) mass is 254 g/mol. The summed E-state index contributed by atoms with van der Waals surface area (Å²) >= 11 is 0. The predicted molar refractivity (Wildman–Crippen MR) is 70.9 cm³/mol. The summed E-state index contributed by atoms with van der Waals surface area (Å²) in [5.74, 6) is 0.821. The van der Waals surface area contributed by atoms with Gasteiger partial charge in [0.15, 0.2) is 0 Å². The molecule has 0 aromatic heterocycles. The van der Waals surface area contributed by atoms with Crippen LogP contribution in [0.15, 0.2) is 0 Å². The molecule has 0 spiro atoms. The van der Waals surface area contributed by atoms with Crippen molar-refractivity contribution in [2.45, 2.75) is 45.4 Å². The minimum absolute atomic E-state index is 0.0204. The van der Waals surface area contributed by atoms with E-state index < -0.39 is 0 Å². The zero-order valence-corrected chi connectivity index (χ0v) is 11.4. The average Bonchev–Trinajstić information content (AvgIpc) is 3.18. The highest BCUT2D eigenvalue weighted by atomic mass is 16.3. The molecule has 4 nitrogen and oxygen atoms in total. The van der Waals surface area contributed by atoms with Crippen LogP contribution in [0.5, 0.6) is 0 Å². The first-order valence-corrected chi connectivity index (χ1v) is 7.15. The van der Waals surface area contributed by atoms with Gasteiger partial charge in [0.25, 0.3) is 0 Å². The van der Waals surface area contributed by atoms with Crippen LogP contribution in [0.1, 0.15) is 45.4 Å². The largest absolute Gasteiger partial charge is 0.396 e. The molecule has 0 unspecified atom stereocenters. The molecular formula is C14H26N2O2. The molecule has 0 heterocycles. The van der Waals surface area contributed by atoms with Gasteiger partial charge < -0.3 is 16.2 Å². The molecule has 4 heteroatoms. The number of hydrogen-bond acceptors (Lipinski definition) is 3. The highest BCUT2D eigenvalue weighted by Crippen LogP contribution is 2.45. The molecule has 2 aliphatic carbocycles. The van der Waals surface area contributed by atoms with Gasteiger partial charge >= 0.3 is 0 Å². The van der Waals surface area contributed by atoms with E-state index in [1.165, 1.54) is 0 Å². The Balaban J connectivity index is 1.89. The van der Waals surface area contributed by atoms with Gasteiger partial charge in [-0.3, -0.25) is 4.79 Å². The standard InChI is InChI=1S/C14H26N2O2/c1-11-2-4-14(8-15,5-3-11)12(18)16-9-13(10-17)6-7-13/h11,17H,2-10,15H2,1H3,(H,16,18). The summed E-state index contributed by atoms with van der Waals surface area (Å²) in [4.78, 5) is 12.4. The van der Waals surface area contributed by atoms with Crippen molar-refractivity contribution in [1.29, 1.82) is 0 Å². The van der Waals surface area contributed by atoms with Crippen molar-refractivity contribution in [3.63, 3.8) is 0 Å². The molecule has 2 rings (SSSR count). The van der Waals surface area contributed by atoms with Gasteiger partial charge in [-0.05, 0) is 44.4 Å². The maximum absolute atomic E-state index is 12.4. The Kier molecular flexibility index (Phi) is 3.97. The van der Waals surface area contributed by atoms with Crippen LogP contribution < -0.4 is 11.1 Å². The fraction of sp³-hybridized carbons (Fsp3) is 0.929. The summed E-state index contributed by atoms with van der Waals surface area (Å²) in [7, 11) is 0. The molecule has 4 N–H and O–H groups in total. The first kappa shape index (κ1) is 13.8. The number of carbonyl (C=O) groups is 1. The Hall–Kier alpha value is -0.610. The first-order chi connectivity index (χ1) is 8.56. The van der Waals surface area contributed by atoms with E-state index in [9.17, 15) is 9.90 Å². The van der Waals surface area contributed by atoms with Crippen molar-refractivity contribution in [1.82, 2.24) is 5.32 Å². The smallest absolute Gasteiger partial charge is 0.227 e. The van der Waals surface area contributed by atoms with E-state index in [0.717, 1.165) is 38.5 Å². The summed E-state index contributed by atoms with van der Waals surface area (Å²) in [6.07, 6.45) is 6.05. The normalized spacial score (nSPS) is 34.1. The Morgan fingerprint density at radius 1 is 1.33 bits per heavy atom. The number of amides is 1. The van der Waals surface area contributed by atoms with Crippen LogP contribution in [0.3, 0.4) is 0 Å². The predicted octanol–water partition coefficient (Wildman–Crippen LogP) is 1.03. The fourth-order valence-corrected chi connectivity index (χ4v) is 2.86. The summed E-state index contributed by atoms with van der Waals surface area (Å²) in [5, 5.41) is 12.3. The number of hydrogen-bond donors (Lipinski definition) is 3. The lowest BCUT2D eigenvalue weighted by atomic mass is 9.70. The van der Waals surface area contributed by atoms with Crippen molar-refractivity contribution < 1.29 is 9.90 Å². The second-order valence-electron chi connectivity index (χ2n) is 6.51. The molecule has 1 amide bonds. The van der Waals surface area contributed by atoms with E-state index in [4.69, 9.17) is 5.73 Å². The molecule has 0 radical (unpaired) electrons. The molecule has 104 valence electrons. The zero-order valence-electron chi connectivity index (χ0n) is 11.4. The zero-order chi connectivity index (χ0) is 13.2. The van der Waals surface area contributed by atoms with Crippen LogP contribution in [0.2, 0.25) is 0 Å². The molecule has 0 aliphatic heterocycles. The molecular weight excluding hydrogens is 228 g/mol. The third-order valence-corrected chi connectivity index (χ3v) is 5.02. The van der Waals surface area contributed by atoms with Crippen LogP contribution >= 0.6 is 0 Å². The molecule has 2 saturated carbocycles.